The van der Waals surface area contributed by atoms with E-state index in [0.29, 0.717) is 5.56 Å². The van der Waals surface area contributed by atoms with Gasteiger partial charge >= 0.3 is 17.7 Å². The Bertz CT molecular complexity index is 1970. The zero-order valence-electron chi connectivity index (χ0n) is 28.5. The molecule has 0 spiro atoms. The molecule has 5 amide bonds. The lowest BCUT2D eigenvalue weighted by Crippen LogP contribution is -2.61. The van der Waals surface area contributed by atoms with Crippen molar-refractivity contribution in [1.29, 1.82) is 0 Å². The van der Waals surface area contributed by atoms with Gasteiger partial charge in [-0.1, -0.05) is 18.2 Å². The lowest BCUT2D eigenvalue weighted by atomic mass is 10.1. The number of carbonyl (C=O) groups is 5. The van der Waals surface area contributed by atoms with Gasteiger partial charge in [-0.2, -0.15) is 0 Å². The molecule has 20 heteroatoms. The number of carboxylic acid groups (broad SMARTS) is 1. The zero-order valence-corrected chi connectivity index (χ0v) is 28.5. The molecular formula is C32H41N9O11. The van der Waals surface area contributed by atoms with Crippen LogP contribution >= 0.6 is 0 Å². The lowest BCUT2D eigenvalue weighted by molar-refractivity contribution is -0.139. The summed E-state index contributed by atoms with van der Waals surface area (Å²) in [5, 5.41) is 41.1. The number of aliphatic hydroxyl groups excluding tert-OH is 2. The molecule has 0 radical (unpaired) electrons. The number of amides is 5. The second-order valence-corrected chi connectivity index (χ2v) is 12.3. The van der Waals surface area contributed by atoms with Crippen LogP contribution in [0.15, 0.2) is 64.3 Å². The van der Waals surface area contributed by atoms with Crippen LogP contribution in [0.3, 0.4) is 0 Å². The number of aromatic nitrogens is 3. The molecule has 1 aromatic carbocycles. The summed E-state index contributed by atoms with van der Waals surface area (Å²) in [5.74, 6) is -4.11. The number of likely N-dealkylation sites (N-methyl/N-ethyl adjacent to an activating group) is 1. The van der Waals surface area contributed by atoms with Crippen LogP contribution in [0.4, 0.5) is 4.79 Å². The number of fused-ring (bicyclic) bond motifs is 1. The number of carboxylic acids is 1. The van der Waals surface area contributed by atoms with Gasteiger partial charge in [0, 0.05) is 49.0 Å². The number of aliphatic hydroxyl groups is 2. The van der Waals surface area contributed by atoms with Gasteiger partial charge in [-0.15, -0.1) is 0 Å². The number of nitrogens with one attached hydrogen (secondary N) is 6. The van der Waals surface area contributed by atoms with E-state index in [2.05, 4.69) is 26.3 Å². The van der Waals surface area contributed by atoms with E-state index < -0.39 is 89.6 Å². The number of aromatic amines is 2. The number of rotatable bonds is 13. The summed E-state index contributed by atoms with van der Waals surface area (Å²) >= 11 is 0. The highest BCUT2D eigenvalue weighted by atomic mass is 16.6. The number of hydrogen-bond acceptors (Lipinski definition) is 11. The Hall–Kier alpha value is -5.99. The maximum Gasteiger partial charge on any atom is 0.331 e. The lowest BCUT2D eigenvalue weighted by Gasteiger charge is -2.33. The Morgan fingerprint density at radius 2 is 1.73 bits per heavy atom. The SMILES string of the molecule is C[C@H](N)C(=O)N(C)[C@H](C)C(NC(=O)[C@H](C)NC(=O)N[C@@H](Cc1c[nH]c2ccccc12)C(=O)O)C(=O)N/C=C1\OC(n2ccc(=O)[nH]c2=O)[C@H](O)[C@@H]1O. The first-order valence-corrected chi connectivity index (χ1v) is 16.0. The van der Waals surface area contributed by atoms with Gasteiger partial charge in [0.1, 0.15) is 36.1 Å². The molecule has 0 bridgehead atoms. The van der Waals surface area contributed by atoms with Crippen molar-refractivity contribution in [2.24, 2.45) is 5.73 Å². The van der Waals surface area contributed by atoms with Crippen LogP contribution in [0.5, 0.6) is 0 Å². The average molecular weight is 728 g/mol. The van der Waals surface area contributed by atoms with Gasteiger partial charge in [-0.05, 0) is 32.4 Å². The van der Waals surface area contributed by atoms with Crippen LogP contribution in [0.2, 0.25) is 0 Å². The Morgan fingerprint density at radius 1 is 1.04 bits per heavy atom. The third-order valence-corrected chi connectivity index (χ3v) is 8.50. The quantitative estimate of drug-likeness (QED) is 0.0860. The molecule has 4 rings (SSSR count). The van der Waals surface area contributed by atoms with Crippen LogP contribution in [0, 0.1) is 0 Å². The summed E-state index contributed by atoms with van der Waals surface area (Å²) in [4.78, 5) is 94.1. The van der Waals surface area contributed by atoms with Gasteiger partial charge in [0.05, 0.1) is 12.1 Å². The van der Waals surface area contributed by atoms with Crippen molar-refractivity contribution in [1.82, 2.24) is 40.7 Å². The van der Waals surface area contributed by atoms with E-state index in [-0.39, 0.29) is 12.2 Å². The Balaban J connectivity index is 1.46. The van der Waals surface area contributed by atoms with E-state index in [9.17, 15) is 48.9 Å². The summed E-state index contributed by atoms with van der Waals surface area (Å²) in [6.07, 6.45) is -1.40. The summed E-state index contributed by atoms with van der Waals surface area (Å²) in [6.45, 7) is 4.14. The van der Waals surface area contributed by atoms with E-state index in [1.54, 1.807) is 18.3 Å². The molecule has 8 atom stereocenters. The smallest absolute Gasteiger partial charge is 0.331 e. The second-order valence-electron chi connectivity index (χ2n) is 12.3. The highest BCUT2D eigenvalue weighted by molar-refractivity contribution is 5.93. The third-order valence-electron chi connectivity index (χ3n) is 8.50. The molecule has 0 saturated carbocycles. The van der Waals surface area contributed by atoms with Gasteiger partial charge < -0.3 is 56.9 Å². The molecule has 2 aromatic heterocycles. The largest absolute Gasteiger partial charge is 0.480 e. The first kappa shape index (κ1) is 38.8. The molecule has 1 saturated heterocycles. The number of hydrogen-bond donors (Lipinski definition) is 10. The molecule has 1 aliphatic heterocycles. The molecule has 0 aliphatic carbocycles. The minimum Gasteiger partial charge on any atom is -0.480 e. The highest BCUT2D eigenvalue weighted by Crippen LogP contribution is 2.30. The molecule has 1 aliphatic rings. The first-order chi connectivity index (χ1) is 24.5. The Kier molecular flexibility index (Phi) is 12.2. The van der Waals surface area contributed by atoms with Gasteiger partial charge in [0.2, 0.25) is 23.9 Å². The minimum absolute atomic E-state index is 0.0691. The summed E-state index contributed by atoms with van der Waals surface area (Å²) in [6, 6.07) is 0.994. The number of nitrogens with two attached hydrogens (primary N) is 1. The van der Waals surface area contributed by atoms with Crippen LogP contribution in [0.25, 0.3) is 10.9 Å². The van der Waals surface area contributed by atoms with E-state index in [1.165, 1.54) is 27.8 Å². The number of para-hydroxylation sites is 1. The third kappa shape index (κ3) is 8.83. The molecule has 11 N–H and O–H groups in total. The predicted octanol–water partition coefficient (Wildman–Crippen LogP) is -2.71. The van der Waals surface area contributed by atoms with E-state index in [0.717, 1.165) is 38.8 Å². The van der Waals surface area contributed by atoms with Gasteiger partial charge in [-0.3, -0.25) is 28.7 Å². The Labute approximate surface area is 295 Å². The number of ether oxygens (including phenoxy) is 1. The van der Waals surface area contributed by atoms with Crippen LogP contribution in [-0.2, 0) is 30.3 Å². The second kappa shape index (κ2) is 16.4. The van der Waals surface area contributed by atoms with Crippen LogP contribution in [0.1, 0.15) is 32.6 Å². The first-order valence-electron chi connectivity index (χ1n) is 16.0. The van der Waals surface area contributed by atoms with E-state index in [1.807, 2.05) is 17.1 Å². The molecule has 1 fully saturated rings. The molecule has 2 unspecified atom stereocenters. The number of urea groups is 1. The van der Waals surface area contributed by atoms with Crippen molar-refractivity contribution >= 4 is 40.6 Å². The maximum atomic E-state index is 13.5. The molecule has 3 aromatic rings. The zero-order chi connectivity index (χ0) is 38.4. The average Bonchev–Trinajstić information content (AvgIpc) is 3.63. The number of H-pyrrole nitrogens is 2. The molecular weight excluding hydrogens is 686 g/mol. The van der Waals surface area contributed by atoms with Crippen molar-refractivity contribution in [3.8, 4) is 0 Å². The number of aliphatic carboxylic acids is 1. The normalized spacial score (nSPS) is 20.5. The maximum absolute atomic E-state index is 13.5. The number of nitrogens with zero attached hydrogens (tertiary/aromatic N) is 2. The standard InChI is InChI=1S/C32H41N9O11/c1-14(33)28(47)40(4)16(3)23(27(46)35-13-21-24(43)25(44)29(52-21)41-10-9-22(42)38-32(41)51)39-26(45)15(2)36-31(50)37-20(30(48)49)11-17-12-34-19-8-6-5-7-18(17)19/h5-10,12-16,20,23-25,29,34,43-44H,11,33H2,1-4H3,(H,35,46)(H,39,45)(H,48,49)(H2,36,37,50)(H,38,42,51)/b21-13-/t14-,15-,16+,20-,23?,24+,25+,29?/m0/s1. The topological polar surface area (TPSA) is 303 Å². The highest BCUT2D eigenvalue weighted by Gasteiger charge is 2.42. The fourth-order valence-corrected chi connectivity index (χ4v) is 5.42. The molecule has 3 heterocycles. The van der Waals surface area contributed by atoms with Gasteiger partial charge in [0.15, 0.2) is 0 Å². The summed E-state index contributed by atoms with van der Waals surface area (Å²) in [5.41, 5.74) is 5.52. The number of benzene rings is 1. The summed E-state index contributed by atoms with van der Waals surface area (Å²) in [7, 11) is 1.35. The van der Waals surface area contributed by atoms with Crippen molar-refractivity contribution in [3.05, 3.63) is 81.1 Å². The van der Waals surface area contributed by atoms with E-state index in [4.69, 9.17) is 10.5 Å². The van der Waals surface area contributed by atoms with E-state index >= 15 is 0 Å². The van der Waals surface area contributed by atoms with Crippen molar-refractivity contribution in [2.75, 3.05) is 7.05 Å². The van der Waals surface area contributed by atoms with Crippen molar-refractivity contribution in [3.63, 3.8) is 0 Å². The molecule has 280 valence electrons. The fraction of sp³-hybridized carbons (Fsp3) is 0.406. The summed E-state index contributed by atoms with van der Waals surface area (Å²) < 4.78 is 6.31. The van der Waals surface area contributed by atoms with Crippen LogP contribution in [-0.4, -0.2) is 114 Å². The monoisotopic (exact) mass is 727 g/mol. The molecule has 20 nitrogen and oxygen atoms in total. The molecule has 52 heavy (non-hydrogen) atoms. The van der Waals surface area contributed by atoms with Crippen molar-refractivity contribution in [2.45, 2.75) is 75.8 Å². The minimum atomic E-state index is -1.73. The van der Waals surface area contributed by atoms with Gasteiger partial charge in [0.25, 0.3) is 5.56 Å². The number of carbonyl (C=O) groups excluding carboxylic acids is 4. The fourth-order valence-electron chi connectivity index (χ4n) is 5.42. The van der Waals surface area contributed by atoms with Crippen LogP contribution < -0.4 is 38.2 Å². The Morgan fingerprint density at radius 3 is 2.38 bits per heavy atom. The van der Waals surface area contributed by atoms with Crippen molar-refractivity contribution < 1.29 is 44.0 Å². The predicted molar refractivity (Wildman–Crippen MR) is 182 cm³/mol. The van der Waals surface area contributed by atoms with Gasteiger partial charge in [-0.25, -0.2) is 14.4 Å².